The average Bonchev–Trinajstić information content (AvgIpc) is 3.20. The molecule has 0 unspecified atom stereocenters. The van der Waals surface area contributed by atoms with Crippen LogP contribution in [0.1, 0.15) is 16.8 Å². The van der Waals surface area contributed by atoms with Crippen LogP contribution >= 0.6 is 11.6 Å². The van der Waals surface area contributed by atoms with Crippen LogP contribution in [0, 0.1) is 0 Å². The van der Waals surface area contributed by atoms with Gasteiger partial charge >= 0.3 is 0 Å². The number of fused-ring (bicyclic) bond motifs is 1. The molecule has 0 saturated heterocycles. The first-order chi connectivity index (χ1) is 14.7. The third-order valence-corrected chi connectivity index (χ3v) is 5.63. The van der Waals surface area contributed by atoms with Gasteiger partial charge in [-0.15, -0.1) is 0 Å². The van der Waals surface area contributed by atoms with Crippen LogP contribution in [0.3, 0.4) is 0 Å². The summed E-state index contributed by atoms with van der Waals surface area (Å²) in [6.45, 7) is 0. The number of halogens is 1. The predicted molar refractivity (Wildman–Crippen MR) is 121 cm³/mol. The Bertz CT molecular complexity index is 1260. The van der Waals surface area contributed by atoms with Crippen LogP contribution < -0.4 is 0 Å². The number of imidazole rings is 1. The van der Waals surface area contributed by atoms with Gasteiger partial charge in [0.2, 0.25) is 0 Å². The van der Waals surface area contributed by atoms with E-state index in [0.29, 0.717) is 10.7 Å². The third-order valence-electron chi connectivity index (χ3n) is 5.38. The summed E-state index contributed by atoms with van der Waals surface area (Å²) < 4.78 is 2.01. The van der Waals surface area contributed by atoms with Gasteiger partial charge < -0.3 is 5.11 Å². The Balaban J connectivity index is 1.83. The Morgan fingerprint density at radius 2 is 1.27 bits per heavy atom. The van der Waals surface area contributed by atoms with E-state index in [1.165, 1.54) is 0 Å². The second-order valence-electron chi connectivity index (χ2n) is 7.19. The van der Waals surface area contributed by atoms with E-state index in [0.717, 1.165) is 28.0 Å². The summed E-state index contributed by atoms with van der Waals surface area (Å²) in [5, 5.41) is 12.9. The second-order valence-corrected chi connectivity index (χ2v) is 7.63. The van der Waals surface area contributed by atoms with Gasteiger partial charge in [0.25, 0.3) is 0 Å². The van der Waals surface area contributed by atoms with E-state index in [4.69, 9.17) is 16.6 Å². The van der Waals surface area contributed by atoms with Crippen LogP contribution in [0.2, 0.25) is 5.02 Å². The van der Waals surface area contributed by atoms with Crippen molar-refractivity contribution >= 4 is 17.1 Å². The molecule has 0 bridgehead atoms. The van der Waals surface area contributed by atoms with E-state index < -0.39 is 5.60 Å². The van der Waals surface area contributed by atoms with Gasteiger partial charge in [0.1, 0.15) is 11.5 Å². The van der Waals surface area contributed by atoms with Gasteiger partial charge in [-0.1, -0.05) is 78.3 Å². The zero-order chi connectivity index (χ0) is 20.6. The Kier molecular flexibility index (Phi) is 4.62. The smallest absolute Gasteiger partial charge is 0.159 e. The van der Waals surface area contributed by atoms with Crippen LogP contribution in [-0.2, 0) is 5.60 Å². The van der Waals surface area contributed by atoms with Crippen molar-refractivity contribution in [1.82, 2.24) is 9.38 Å². The second kappa shape index (κ2) is 7.45. The highest BCUT2D eigenvalue weighted by molar-refractivity contribution is 6.30. The molecule has 4 heteroatoms. The molecule has 5 aromatic rings. The van der Waals surface area contributed by atoms with Crippen molar-refractivity contribution in [2.45, 2.75) is 5.60 Å². The lowest BCUT2D eigenvalue weighted by atomic mass is 9.83. The van der Waals surface area contributed by atoms with Crippen LogP contribution in [0.25, 0.3) is 16.9 Å². The van der Waals surface area contributed by atoms with Crippen molar-refractivity contribution in [2.75, 3.05) is 0 Å². The summed E-state index contributed by atoms with van der Waals surface area (Å²) in [6, 6.07) is 32.8. The number of hydrogen-bond donors (Lipinski definition) is 1. The summed E-state index contributed by atoms with van der Waals surface area (Å²) in [5.41, 5.74) is 2.49. The quantitative estimate of drug-likeness (QED) is 0.398. The van der Waals surface area contributed by atoms with Crippen LogP contribution in [0.15, 0.2) is 109 Å². The molecule has 0 amide bonds. The molecule has 2 aromatic heterocycles. The minimum Gasteiger partial charge on any atom is -0.374 e. The fraction of sp³-hybridized carbons (Fsp3) is 0.0385. The summed E-state index contributed by atoms with van der Waals surface area (Å²) in [7, 11) is 0. The Hall–Kier alpha value is -3.40. The lowest BCUT2D eigenvalue weighted by Gasteiger charge is -2.28. The van der Waals surface area contributed by atoms with Gasteiger partial charge in [-0.3, -0.25) is 4.40 Å². The number of aromatic nitrogens is 2. The summed E-state index contributed by atoms with van der Waals surface area (Å²) in [6.07, 6.45) is 1.96. The van der Waals surface area contributed by atoms with E-state index in [9.17, 15) is 5.11 Å². The number of benzene rings is 3. The minimum absolute atomic E-state index is 0.588. The van der Waals surface area contributed by atoms with Gasteiger partial charge in [0.05, 0.1) is 5.52 Å². The Labute approximate surface area is 179 Å². The molecule has 0 radical (unpaired) electrons. The maximum Gasteiger partial charge on any atom is 0.159 e. The maximum absolute atomic E-state index is 12.2. The van der Waals surface area contributed by atoms with Gasteiger partial charge in [0.15, 0.2) is 5.60 Å². The Morgan fingerprint density at radius 1 is 0.700 bits per heavy atom. The zero-order valence-corrected chi connectivity index (χ0v) is 16.9. The van der Waals surface area contributed by atoms with E-state index in [1.54, 1.807) is 0 Å². The van der Waals surface area contributed by atoms with E-state index >= 15 is 0 Å². The monoisotopic (exact) mass is 410 g/mol. The fourth-order valence-electron chi connectivity index (χ4n) is 3.91. The zero-order valence-electron chi connectivity index (χ0n) is 16.1. The molecule has 0 spiro atoms. The van der Waals surface area contributed by atoms with Crippen LogP contribution in [0.4, 0.5) is 0 Å². The number of nitrogens with zero attached hydrogens (tertiary/aromatic N) is 2. The highest BCUT2D eigenvalue weighted by atomic mass is 35.5. The summed E-state index contributed by atoms with van der Waals surface area (Å²) >= 11 is 6.09. The largest absolute Gasteiger partial charge is 0.374 e. The van der Waals surface area contributed by atoms with Gasteiger partial charge in [-0.25, -0.2) is 4.98 Å². The molecule has 0 aliphatic rings. The van der Waals surface area contributed by atoms with Gasteiger partial charge in [-0.05, 0) is 47.5 Å². The fourth-order valence-corrected chi connectivity index (χ4v) is 4.03. The van der Waals surface area contributed by atoms with Gasteiger partial charge in [-0.2, -0.15) is 0 Å². The molecule has 0 saturated carbocycles. The first-order valence-electron chi connectivity index (χ1n) is 9.75. The molecule has 0 aliphatic heterocycles. The highest BCUT2D eigenvalue weighted by Gasteiger charge is 2.38. The first kappa shape index (κ1) is 18.6. The van der Waals surface area contributed by atoms with Crippen LogP contribution in [0.5, 0.6) is 0 Å². The topological polar surface area (TPSA) is 37.5 Å². The molecule has 146 valence electrons. The van der Waals surface area contributed by atoms with Crippen molar-refractivity contribution in [3.8, 4) is 11.4 Å². The predicted octanol–water partition coefficient (Wildman–Crippen LogP) is 5.94. The number of aliphatic hydroxyl groups is 1. The Morgan fingerprint density at radius 3 is 1.87 bits per heavy atom. The summed E-state index contributed by atoms with van der Waals surface area (Å²) in [4.78, 5) is 4.98. The summed E-state index contributed by atoms with van der Waals surface area (Å²) in [5.74, 6) is 0.752. The van der Waals surface area contributed by atoms with Gasteiger partial charge in [0, 0.05) is 16.8 Å². The molecule has 2 heterocycles. The normalized spacial score (nSPS) is 11.7. The molecule has 5 rings (SSSR count). The maximum atomic E-state index is 12.2. The van der Waals surface area contributed by atoms with Crippen molar-refractivity contribution in [2.24, 2.45) is 0 Å². The molecule has 30 heavy (non-hydrogen) atoms. The van der Waals surface area contributed by atoms with E-state index in [-0.39, 0.29) is 0 Å². The van der Waals surface area contributed by atoms with Crippen molar-refractivity contribution in [3.63, 3.8) is 0 Å². The molecule has 0 aliphatic carbocycles. The molecule has 0 fully saturated rings. The van der Waals surface area contributed by atoms with Crippen LogP contribution in [-0.4, -0.2) is 14.5 Å². The number of rotatable bonds is 4. The van der Waals surface area contributed by atoms with Crippen molar-refractivity contribution in [3.05, 3.63) is 131 Å². The van der Waals surface area contributed by atoms with Crippen molar-refractivity contribution < 1.29 is 5.11 Å². The molecule has 3 aromatic carbocycles. The molecule has 3 nitrogen and oxygen atoms in total. The number of hydrogen-bond acceptors (Lipinski definition) is 2. The first-order valence-corrected chi connectivity index (χ1v) is 10.1. The lowest BCUT2D eigenvalue weighted by molar-refractivity contribution is 0.123. The SMILES string of the molecule is OC(c1ccccc1)(c1ccccc1)c1nc(-c2ccc(Cl)cc2)n2ccccc12. The van der Waals surface area contributed by atoms with E-state index in [1.807, 2.05) is 114 Å². The standard InChI is InChI=1S/C26H19ClN2O/c27-22-16-14-19(15-17-22)25-28-24(23-13-7-8-18-29(23)25)26(30,20-9-3-1-4-10-20)21-11-5-2-6-12-21/h1-18,30H. The van der Waals surface area contributed by atoms with Crippen molar-refractivity contribution in [1.29, 1.82) is 0 Å². The third kappa shape index (κ3) is 3.00. The number of pyridine rings is 1. The molecule has 0 atom stereocenters. The molecular formula is C26H19ClN2O. The average molecular weight is 411 g/mol. The molecular weight excluding hydrogens is 392 g/mol. The highest BCUT2D eigenvalue weighted by Crippen LogP contribution is 2.39. The van der Waals surface area contributed by atoms with E-state index in [2.05, 4.69) is 0 Å². The minimum atomic E-state index is -1.40. The molecule has 1 N–H and O–H groups in total. The lowest BCUT2D eigenvalue weighted by Crippen LogP contribution is -2.29.